The lowest BCUT2D eigenvalue weighted by Gasteiger charge is -2.38. The van der Waals surface area contributed by atoms with Crippen LogP contribution in [0.2, 0.25) is 18.1 Å². The molecule has 0 unspecified atom stereocenters. The monoisotopic (exact) mass is 466 g/mol. The number of hydrogen-bond donors (Lipinski definition) is 2. The number of quaternary nitrogens is 1. The highest BCUT2D eigenvalue weighted by molar-refractivity contribution is 7.80. The van der Waals surface area contributed by atoms with E-state index in [1.807, 2.05) is 13.1 Å². The molecule has 1 fully saturated rings. The number of primary amides is 1. The third kappa shape index (κ3) is 6.75. The number of nitrogens with zero attached hydrogens (tertiary/aromatic N) is 2. The molecule has 13 heteroatoms. The second-order valence-corrected chi connectivity index (χ2v) is 15.2. The maximum atomic E-state index is 12.3. The van der Waals surface area contributed by atoms with Crippen LogP contribution >= 0.6 is 0 Å². The van der Waals surface area contributed by atoms with E-state index >= 15 is 0 Å². The number of hydroxylamine groups is 2. The molecular formula is C17H34N4O7SSi. The van der Waals surface area contributed by atoms with E-state index in [4.69, 9.17) is 10.2 Å². The molecule has 30 heavy (non-hydrogen) atoms. The van der Waals surface area contributed by atoms with E-state index in [1.165, 1.54) is 11.0 Å². The van der Waals surface area contributed by atoms with E-state index in [9.17, 15) is 22.6 Å². The standard InChI is InChI=1S/C14H25N3O7SSi.C3H9N/c1-14(2,3)26(4,5)23-8-9-6-10-7-16(11(9)12(15)18)13(19)17(10)24-25(20,21)22;1-4(2)3/h6,10-11H,7-8H2,1-5H3,(H2,15,18)(H,20,21,22);1-3H3/t10-,11+;/m1./s1. The van der Waals surface area contributed by atoms with Gasteiger partial charge in [0.1, 0.15) is 6.04 Å². The maximum absolute atomic E-state index is 12.3. The fourth-order valence-electron chi connectivity index (χ4n) is 2.63. The number of carbonyl (C=O) groups excluding carboxylic acids is 2. The van der Waals surface area contributed by atoms with Crippen molar-refractivity contribution in [2.45, 2.75) is 51.0 Å². The predicted octanol–water partition coefficient (Wildman–Crippen LogP) is -0.939. The smallest absolute Gasteiger partial charge is 0.346 e. The Morgan fingerprint density at radius 1 is 1.33 bits per heavy atom. The lowest BCUT2D eigenvalue weighted by molar-refractivity contribution is -0.836. The molecule has 1 saturated heterocycles. The summed E-state index contributed by atoms with van der Waals surface area (Å²) >= 11 is 0. The molecule has 2 atom stereocenters. The lowest BCUT2D eigenvalue weighted by Crippen LogP contribution is -3.02. The second-order valence-electron chi connectivity index (χ2n) is 9.41. The molecule has 174 valence electrons. The Morgan fingerprint density at radius 3 is 2.23 bits per heavy atom. The SMILES string of the molecule is CC(C)(C)[Si](C)(C)OCC1=C[C@@H]2CN(C(=O)N2OS(=O)(=O)[O-])[C@@H]1C(N)=O.C[NH+](C)C. The molecule has 3 amide bonds. The van der Waals surface area contributed by atoms with Crippen LogP contribution in [-0.4, -0.2) is 89.6 Å². The Labute approximate surface area is 179 Å². The fourth-order valence-corrected chi connectivity index (χ4v) is 3.96. The van der Waals surface area contributed by atoms with Gasteiger partial charge in [-0.3, -0.25) is 4.79 Å². The Morgan fingerprint density at radius 2 is 1.83 bits per heavy atom. The van der Waals surface area contributed by atoms with Gasteiger partial charge in [-0.2, -0.15) is 9.35 Å². The van der Waals surface area contributed by atoms with Gasteiger partial charge in [-0.05, 0) is 23.7 Å². The zero-order valence-corrected chi connectivity index (χ0v) is 20.7. The van der Waals surface area contributed by atoms with Crippen LogP contribution in [0.15, 0.2) is 11.6 Å². The average molecular weight is 467 g/mol. The number of urea groups is 1. The van der Waals surface area contributed by atoms with Crippen molar-refractivity contribution < 1.29 is 36.2 Å². The van der Waals surface area contributed by atoms with Gasteiger partial charge in [0.15, 0.2) is 8.32 Å². The normalized spacial score (nSPS) is 22.1. The van der Waals surface area contributed by atoms with Gasteiger partial charge in [0, 0.05) is 0 Å². The maximum Gasteiger partial charge on any atom is 0.346 e. The Bertz CT molecular complexity index is 790. The van der Waals surface area contributed by atoms with Gasteiger partial charge in [-0.25, -0.2) is 13.2 Å². The van der Waals surface area contributed by atoms with Crippen LogP contribution in [0.4, 0.5) is 4.79 Å². The van der Waals surface area contributed by atoms with Crippen LogP contribution in [0.1, 0.15) is 20.8 Å². The molecule has 3 N–H and O–H groups in total. The highest BCUT2D eigenvalue weighted by atomic mass is 32.3. The fraction of sp³-hybridized carbons (Fsp3) is 0.765. The molecule has 2 aliphatic rings. The number of hydrogen-bond acceptors (Lipinski definition) is 7. The molecule has 0 saturated carbocycles. The number of carbonyl (C=O) groups is 2. The number of amides is 3. The van der Waals surface area contributed by atoms with Gasteiger partial charge in [0.05, 0.1) is 40.3 Å². The van der Waals surface area contributed by atoms with Gasteiger partial charge in [-0.1, -0.05) is 26.8 Å². The first-order valence-corrected chi connectivity index (χ1v) is 13.8. The largest absolute Gasteiger partial charge is 0.724 e. The van der Waals surface area contributed by atoms with Crippen molar-refractivity contribution in [1.29, 1.82) is 0 Å². The first-order chi connectivity index (χ1) is 13.4. The molecule has 11 nitrogen and oxygen atoms in total. The van der Waals surface area contributed by atoms with Gasteiger partial charge in [-0.15, -0.1) is 0 Å². The summed E-state index contributed by atoms with van der Waals surface area (Å²) in [6.07, 6.45) is 1.51. The van der Waals surface area contributed by atoms with Crippen LogP contribution in [0.3, 0.4) is 0 Å². The van der Waals surface area contributed by atoms with E-state index in [0.29, 0.717) is 10.6 Å². The van der Waals surface area contributed by atoms with Crippen molar-refractivity contribution >= 4 is 30.7 Å². The van der Waals surface area contributed by atoms with Gasteiger partial charge in [0.25, 0.3) is 0 Å². The van der Waals surface area contributed by atoms with Crippen LogP contribution in [0, 0.1) is 0 Å². The minimum Gasteiger partial charge on any atom is -0.724 e. The summed E-state index contributed by atoms with van der Waals surface area (Å²) < 4.78 is 42.9. The summed E-state index contributed by atoms with van der Waals surface area (Å²) in [6.45, 7) is 10.3. The summed E-state index contributed by atoms with van der Waals surface area (Å²) in [6, 6.07) is -2.80. The first-order valence-electron chi connectivity index (χ1n) is 9.53. The molecule has 0 aliphatic carbocycles. The third-order valence-electron chi connectivity index (χ3n) is 5.04. The molecule has 0 aromatic heterocycles. The lowest BCUT2D eigenvalue weighted by atomic mass is 9.99. The van der Waals surface area contributed by atoms with Gasteiger partial charge in [0.2, 0.25) is 16.3 Å². The molecule has 2 heterocycles. The molecule has 0 radical (unpaired) electrons. The summed E-state index contributed by atoms with van der Waals surface area (Å²) in [5, 5.41) is 0.392. The molecule has 0 aromatic carbocycles. The van der Waals surface area contributed by atoms with E-state index in [1.54, 1.807) is 0 Å². The number of fused-ring (bicyclic) bond motifs is 2. The summed E-state index contributed by atoms with van der Waals surface area (Å²) in [5.74, 6) is -0.770. The second kappa shape index (κ2) is 9.32. The van der Waals surface area contributed by atoms with Gasteiger partial charge >= 0.3 is 6.03 Å². The number of rotatable bonds is 6. The van der Waals surface area contributed by atoms with E-state index in [0.717, 1.165) is 4.90 Å². The summed E-state index contributed by atoms with van der Waals surface area (Å²) in [5.41, 5.74) is 5.89. The summed E-state index contributed by atoms with van der Waals surface area (Å²) in [4.78, 5) is 26.8. The Hall–Kier alpha value is -1.51. The third-order valence-corrected chi connectivity index (χ3v) is 9.86. The minimum absolute atomic E-state index is 0.00838. The van der Waals surface area contributed by atoms with Crippen molar-refractivity contribution in [3.63, 3.8) is 0 Å². The first kappa shape index (κ1) is 26.5. The minimum atomic E-state index is -5.13. The molecule has 2 bridgehead atoms. The number of nitrogens with two attached hydrogens (primary N) is 1. The summed E-state index contributed by atoms with van der Waals surface area (Å²) in [7, 11) is -1.02. The Kier molecular flexibility index (Phi) is 8.24. The Balaban J connectivity index is 0.00000103. The van der Waals surface area contributed by atoms with Crippen molar-refractivity contribution in [3.05, 3.63) is 11.6 Å². The van der Waals surface area contributed by atoms with Crippen molar-refractivity contribution in [2.75, 3.05) is 34.3 Å². The predicted molar refractivity (Wildman–Crippen MR) is 111 cm³/mol. The topological polar surface area (TPSA) is 147 Å². The molecule has 2 rings (SSSR count). The van der Waals surface area contributed by atoms with Crippen LogP contribution in [0.25, 0.3) is 0 Å². The van der Waals surface area contributed by atoms with E-state index < -0.39 is 42.7 Å². The average Bonchev–Trinajstić information content (AvgIpc) is 2.74. The highest BCUT2D eigenvalue weighted by Crippen LogP contribution is 2.38. The van der Waals surface area contributed by atoms with E-state index in [2.05, 4.69) is 46.2 Å². The van der Waals surface area contributed by atoms with Crippen molar-refractivity contribution in [2.24, 2.45) is 5.73 Å². The van der Waals surface area contributed by atoms with Crippen LogP contribution < -0.4 is 10.6 Å². The number of nitrogens with one attached hydrogen (secondary N) is 1. The molecule has 2 aliphatic heterocycles. The van der Waals surface area contributed by atoms with Crippen LogP contribution in [0.5, 0.6) is 0 Å². The molecule has 0 spiro atoms. The highest BCUT2D eigenvalue weighted by Gasteiger charge is 2.49. The quantitative estimate of drug-likeness (QED) is 0.222. The van der Waals surface area contributed by atoms with Crippen molar-refractivity contribution in [1.82, 2.24) is 9.96 Å². The van der Waals surface area contributed by atoms with Crippen molar-refractivity contribution in [3.8, 4) is 0 Å². The van der Waals surface area contributed by atoms with Gasteiger partial charge < -0.3 is 24.5 Å². The zero-order chi connectivity index (χ0) is 23.7. The van der Waals surface area contributed by atoms with Crippen LogP contribution in [-0.2, 0) is 23.9 Å². The van der Waals surface area contributed by atoms with E-state index in [-0.39, 0.29) is 18.2 Å². The molecular weight excluding hydrogens is 432 g/mol. The zero-order valence-electron chi connectivity index (χ0n) is 18.9. The molecule has 0 aromatic rings.